The molecule has 1 aromatic heterocycles. The highest BCUT2D eigenvalue weighted by Crippen LogP contribution is 2.34. The molecule has 0 unspecified atom stereocenters. The van der Waals surface area contributed by atoms with E-state index in [-0.39, 0.29) is 23.0 Å². The van der Waals surface area contributed by atoms with Crippen molar-refractivity contribution in [1.29, 1.82) is 0 Å². The van der Waals surface area contributed by atoms with Crippen LogP contribution < -0.4 is 0 Å². The molecular formula is C24H33NO2S. The second-order valence-electron chi connectivity index (χ2n) is 8.76. The zero-order valence-electron chi connectivity index (χ0n) is 17.6. The van der Waals surface area contributed by atoms with Crippen molar-refractivity contribution in [2.24, 2.45) is 0 Å². The molecule has 0 spiro atoms. The van der Waals surface area contributed by atoms with Crippen LogP contribution in [-0.2, 0) is 10.2 Å². The number of hydrogen-bond acceptors (Lipinski definition) is 3. The molecule has 0 saturated carbocycles. The Bertz CT molecular complexity index is 756. The zero-order chi connectivity index (χ0) is 20.2. The minimum atomic E-state index is -0.176. The highest BCUT2D eigenvalue weighted by atomic mass is 32.1. The Morgan fingerprint density at radius 3 is 2.61 bits per heavy atom. The van der Waals surface area contributed by atoms with Crippen molar-refractivity contribution in [3.05, 3.63) is 58.3 Å². The van der Waals surface area contributed by atoms with Gasteiger partial charge in [-0.2, -0.15) is 0 Å². The first-order chi connectivity index (χ1) is 13.3. The lowest BCUT2D eigenvalue weighted by molar-refractivity contribution is -0.0786. The quantitative estimate of drug-likeness (QED) is 0.579. The average molecular weight is 400 g/mol. The van der Waals surface area contributed by atoms with Gasteiger partial charge in [-0.1, -0.05) is 50.2 Å². The summed E-state index contributed by atoms with van der Waals surface area (Å²) < 4.78 is 5.92. The van der Waals surface area contributed by atoms with Gasteiger partial charge >= 0.3 is 0 Å². The molecule has 0 aliphatic carbocycles. The monoisotopic (exact) mass is 399 g/mol. The minimum Gasteiger partial charge on any atom is -0.375 e. The molecule has 3 nitrogen and oxygen atoms in total. The molecule has 1 fully saturated rings. The van der Waals surface area contributed by atoms with Crippen LogP contribution in [0.3, 0.4) is 0 Å². The summed E-state index contributed by atoms with van der Waals surface area (Å²) in [4.78, 5) is 16.3. The molecule has 2 atom stereocenters. The summed E-state index contributed by atoms with van der Waals surface area (Å²) in [6, 6.07) is 14.9. The SMILES string of the molecule is CC[C@](C)(CCN(C(=O)c1cccs1)[C@@H]1CCOC(C)(C)C1)c1ccccc1. The van der Waals surface area contributed by atoms with Crippen molar-refractivity contribution in [1.82, 2.24) is 4.90 Å². The summed E-state index contributed by atoms with van der Waals surface area (Å²) in [6.07, 6.45) is 3.81. The third-order valence-electron chi connectivity index (χ3n) is 6.26. The number of ether oxygens (including phenoxy) is 1. The van der Waals surface area contributed by atoms with Crippen molar-refractivity contribution < 1.29 is 9.53 Å². The van der Waals surface area contributed by atoms with E-state index in [2.05, 4.69) is 62.9 Å². The number of rotatable bonds is 7. The number of amides is 1. The van der Waals surface area contributed by atoms with E-state index in [0.717, 1.165) is 43.7 Å². The number of benzene rings is 1. The van der Waals surface area contributed by atoms with Gasteiger partial charge in [0.2, 0.25) is 0 Å². The van der Waals surface area contributed by atoms with E-state index in [1.165, 1.54) is 16.9 Å². The fourth-order valence-electron chi connectivity index (χ4n) is 4.19. The Hall–Kier alpha value is -1.65. The van der Waals surface area contributed by atoms with Crippen LogP contribution in [0.1, 0.15) is 68.6 Å². The summed E-state index contributed by atoms with van der Waals surface area (Å²) in [6.45, 7) is 10.3. The zero-order valence-corrected chi connectivity index (χ0v) is 18.4. The van der Waals surface area contributed by atoms with Gasteiger partial charge in [0.25, 0.3) is 5.91 Å². The first kappa shape index (κ1) is 21.1. The van der Waals surface area contributed by atoms with Crippen LogP contribution in [0.15, 0.2) is 47.8 Å². The lowest BCUT2D eigenvalue weighted by Gasteiger charge is -2.42. The van der Waals surface area contributed by atoms with Gasteiger partial charge in [0.15, 0.2) is 0 Å². The third kappa shape index (κ3) is 4.84. The van der Waals surface area contributed by atoms with Crippen molar-refractivity contribution >= 4 is 17.2 Å². The average Bonchev–Trinajstić information content (AvgIpc) is 3.22. The predicted octanol–water partition coefficient (Wildman–Crippen LogP) is 5.91. The Morgan fingerprint density at radius 2 is 2.00 bits per heavy atom. The molecule has 1 aliphatic heterocycles. The van der Waals surface area contributed by atoms with Crippen molar-refractivity contribution in [3.63, 3.8) is 0 Å². The maximum absolute atomic E-state index is 13.4. The normalized spacial score (nSPS) is 21.1. The van der Waals surface area contributed by atoms with Crippen molar-refractivity contribution in [2.75, 3.05) is 13.2 Å². The third-order valence-corrected chi connectivity index (χ3v) is 7.12. The Kier molecular flexibility index (Phi) is 6.61. The van der Waals surface area contributed by atoms with Gasteiger partial charge in [-0.3, -0.25) is 4.79 Å². The van der Waals surface area contributed by atoms with Gasteiger partial charge in [0, 0.05) is 19.2 Å². The van der Waals surface area contributed by atoms with E-state index in [4.69, 9.17) is 4.74 Å². The summed E-state index contributed by atoms with van der Waals surface area (Å²) in [5, 5.41) is 1.99. The Balaban J connectivity index is 1.81. The highest BCUT2D eigenvalue weighted by molar-refractivity contribution is 7.12. The smallest absolute Gasteiger partial charge is 0.264 e. The van der Waals surface area contributed by atoms with Crippen LogP contribution in [-0.4, -0.2) is 35.6 Å². The second kappa shape index (κ2) is 8.79. The molecule has 3 rings (SSSR count). The van der Waals surface area contributed by atoms with E-state index in [1.54, 1.807) is 0 Å². The summed E-state index contributed by atoms with van der Waals surface area (Å²) in [7, 11) is 0. The number of carbonyl (C=O) groups is 1. The molecule has 152 valence electrons. The van der Waals surface area contributed by atoms with Crippen LogP contribution in [0.2, 0.25) is 0 Å². The van der Waals surface area contributed by atoms with Gasteiger partial charge in [0.1, 0.15) is 0 Å². The maximum Gasteiger partial charge on any atom is 0.264 e. The lowest BCUT2D eigenvalue weighted by Crippen LogP contribution is -2.49. The second-order valence-corrected chi connectivity index (χ2v) is 9.71. The van der Waals surface area contributed by atoms with Gasteiger partial charge in [-0.15, -0.1) is 11.3 Å². The number of nitrogens with zero attached hydrogens (tertiary/aromatic N) is 1. The van der Waals surface area contributed by atoms with Gasteiger partial charge in [0.05, 0.1) is 10.5 Å². The minimum absolute atomic E-state index is 0.0654. The Labute approximate surface area is 173 Å². The van der Waals surface area contributed by atoms with E-state index >= 15 is 0 Å². The number of hydrogen-bond donors (Lipinski definition) is 0. The Morgan fingerprint density at radius 1 is 1.25 bits per heavy atom. The first-order valence-electron chi connectivity index (χ1n) is 10.4. The van der Waals surface area contributed by atoms with E-state index in [9.17, 15) is 4.79 Å². The van der Waals surface area contributed by atoms with Crippen LogP contribution in [0.4, 0.5) is 0 Å². The molecule has 2 aromatic rings. The molecule has 1 aromatic carbocycles. The van der Waals surface area contributed by atoms with Gasteiger partial charge in [-0.05, 0) is 62.0 Å². The van der Waals surface area contributed by atoms with E-state index in [1.807, 2.05) is 17.5 Å². The largest absolute Gasteiger partial charge is 0.375 e. The highest BCUT2D eigenvalue weighted by Gasteiger charge is 2.36. The fraction of sp³-hybridized carbons (Fsp3) is 0.542. The molecule has 0 N–H and O–H groups in total. The number of carbonyl (C=O) groups excluding carboxylic acids is 1. The van der Waals surface area contributed by atoms with Crippen LogP contribution >= 0.6 is 11.3 Å². The van der Waals surface area contributed by atoms with Crippen molar-refractivity contribution in [3.8, 4) is 0 Å². The predicted molar refractivity (Wildman–Crippen MR) is 117 cm³/mol. The molecule has 1 amide bonds. The van der Waals surface area contributed by atoms with E-state index in [0.29, 0.717) is 0 Å². The molecule has 1 saturated heterocycles. The molecule has 0 bridgehead atoms. The molecule has 1 aliphatic rings. The molecular weight excluding hydrogens is 366 g/mol. The first-order valence-corrected chi connectivity index (χ1v) is 11.3. The number of thiophene rings is 1. The lowest BCUT2D eigenvalue weighted by atomic mass is 9.77. The fourth-order valence-corrected chi connectivity index (χ4v) is 4.87. The summed E-state index contributed by atoms with van der Waals surface area (Å²) in [5.41, 5.74) is 1.24. The standard InChI is InChI=1S/C24H33NO2S/c1-5-24(4,19-10-7-6-8-11-19)14-15-25(22(26)21-12-9-17-28-21)20-13-16-27-23(2,3)18-20/h6-12,17,20H,5,13-16,18H2,1-4H3/t20-,24-/m1/s1. The topological polar surface area (TPSA) is 29.5 Å². The van der Waals surface area contributed by atoms with Gasteiger partial charge < -0.3 is 9.64 Å². The van der Waals surface area contributed by atoms with E-state index < -0.39 is 0 Å². The summed E-state index contributed by atoms with van der Waals surface area (Å²) >= 11 is 1.54. The maximum atomic E-state index is 13.4. The summed E-state index contributed by atoms with van der Waals surface area (Å²) in [5.74, 6) is 0.171. The molecule has 2 heterocycles. The van der Waals surface area contributed by atoms with Crippen LogP contribution in [0.5, 0.6) is 0 Å². The molecule has 0 radical (unpaired) electrons. The van der Waals surface area contributed by atoms with Gasteiger partial charge in [-0.25, -0.2) is 0 Å². The molecule has 28 heavy (non-hydrogen) atoms. The van der Waals surface area contributed by atoms with Crippen molar-refractivity contribution in [2.45, 2.75) is 70.4 Å². The van der Waals surface area contributed by atoms with Crippen LogP contribution in [0.25, 0.3) is 0 Å². The molecule has 4 heteroatoms. The van der Waals surface area contributed by atoms with Crippen LogP contribution in [0, 0.1) is 0 Å².